The van der Waals surface area contributed by atoms with Crippen molar-refractivity contribution in [2.45, 2.75) is 40.0 Å². The minimum absolute atomic E-state index is 0.362. The van der Waals surface area contributed by atoms with E-state index in [0.717, 1.165) is 19.3 Å². The third-order valence-electron chi connectivity index (χ3n) is 1.53. The van der Waals surface area contributed by atoms with Crippen LogP contribution in [0.1, 0.15) is 40.0 Å². The zero-order chi connectivity index (χ0) is 8.91. The van der Waals surface area contributed by atoms with Gasteiger partial charge < -0.3 is 0 Å². The van der Waals surface area contributed by atoms with E-state index in [-0.39, 0.29) is 0 Å². The molecule has 0 saturated heterocycles. The minimum Gasteiger partial charge on any atom is -0.161 e. The maximum absolute atomic E-state index is 10.3. The first-order chi connectivity index (χ1) is 4.92. The van der Waals surface area contributed by atoms with Crippen molar-refractivity contribution in [3.63, 3.8) is 0 Å². The zero-order valence-corrected chi connectivity index (χ0v) is 8.53. The van der Waals surface area contributed by atoms with Crippen LogP contribution in [-0.2, 0) is 4.57 Å². The Morgan fingerprint density at radius 3 is 2.18 bits per heavy atom. The van der Waals surface area contributed by atoms with Gasteiger partial charge in [0.25, 0.3) is 0 Å². The summed E-state index contributed by atoms with van der Waals surface area (Å²) in [6.45, 7) is 6.56. The fourth-order valence-corrected chi connectivity index (χ4v) is 1.40. The van der Waals surface area contributed by atoms with Crippen LogP contribution in [0.4, 0.5) is 0 Å². The Morgan fingerprint density at radius 2 is 1.82 bits per heavy atom. The van der Waals surface area contributed by atoms with E-state index in [0.29, 0.717) is 11.6 Å². The first-order valence-electron chi connectivity index (χ1n) is 4.05. The summed E-state index contributed by atoms with van der Waals surface area (Å²) in [5.74, 6) is 0. The Hall–Kier alpha value is 0.0600. The molecule has 0 amide bonds. The second-order valence-electron chi connectivity index (χ2n) is 4.09. The summed E-state index contributed by atoms with van der Waals surface area (Å²) in [5.41, 5.74) is 0.362. The highest BCUT2D eigenvalue weighted by atomic mass is 31.1. The van der Waals surface area contributed by atoms with Gasteiger partial charge in [0, 0.05) is 0 Å². The largest absolute Gasteiger partial charge is 0.505 e. The van der Waals surface area contributed by atoms with Crippen molar-refractivity contribution >= 4 is 8.03 Å². The van der Waals surface area contributed by atoms with Crippen LogP contribution in [0.15, 0.2) is 0 Å². The maximum Gasteiger partial charge on any atom is 0.505 e. The third kappa shape index (κ3) is 10.1. The van der Waals surface area contributed by atoms with Gasteiger partial charge in [-0.15, -0.1) is 0 Å². The average molecular weight is 177 g/mol. The van der Waals surface area contributed by atoms with Crippen molar-refractivity contribution in [2.75, 3.05) is 6.16 Å². The van der Waals surface area contributed by atoms with Gasteiger partial charge in [-0.25, -0.2) is 0 Å². The van der Waals surface area contributed by atoms with Gasteiger partial charge in [0.05, 0.1) is 0 Å². The molecule has 0 aliphatic carbocycles. The molecule has 0 fully saturated rings. The molecule has 2 nitrogen and oxygen atoms in total. The molecule has 0 aromatic rings. The molecule has 1 unspecified atom stereocenters. The Balaban J connectivity index is 3.22. The summed E-state index contributed by atoms with van der Waals surface area (Å²) in [5, 5.41) is 0. The molecule has 0 aliphatic heterocycles. The molecular formula is C8H18O2P+. The summed E-state index contributed by atoms with van der Waals surface area (Å²) >= 11 is 0. The number of rotatable bonds is 4. The van der Waals surface area contributed by atoms with Crippen LogP contribution in [-0.4, -0.2) is 11.1 Å². The second-order valence-corrected chi connectivity index (χ2v) is 5.25. The molecule has 0 heterocycles. The molecule has 66 valence electrons. The van der Waals surface area contributed by atoms with Gasteiger partial charge >= 0.3 is 8.03 Å². The van der Waals surface area contributed by atoms with Gasteiger partial charge in [-0.2, -0.15) is 4.89 Å². The molecule has 0 radical (unpaired) electrons. The summed E-state index contributed by atoms with van der Waals surface area (Å²) in [6, 6.07) is 0. The topological polar surface area (TPSA) is 37.3 Å². The summed E-state index contributed by atoms with van der Waals surface area (Å²) in [6.07, 6.45) is 3.54. The van der Waals surface area contributed by atoms with Crippen molar-refractivity contribution in [3.8, 4) is 0 Å². The van der Waals surface area contributed by atoms with Crippen LogP contribution in [0.5, 0.6) is 0 Å². The van der Waals surface area contributed by atoms with E-state index in [1.807, 2.05) is 0 Å². The van der Waals surface area contributed by atoms with Crippen LogP contribution in [0.3, 0.4) is 0 Å². The molecular weight excluding hydrogens is 159 g/mol. The van der Waals surface area contributed by atoms with Gasteiger partial charge in [0.15, 0.2) is 6.16 Å². The van der Waals surface area contributed by atoms with E-state index < -0.39 is 8.03 Å². The lowest BCUT2D eigenvalue weighted by Crippen LogP contribution is -2.04. The summed E-state index contributed by atoms with van der Waals surface area (Å²) in [4.78, 5) is 8.49. The van der Waals surface area contributed by atoms with Crippen LogP contribution in [0.2, 0.25) is 0 Å². The van der Waals surface area contributed by atoms with Crippen LogP contribution >= 0.6 is 8.03 Å². The smallest absolute Gasteiger partial charge is 0.161 e. The Morgan fingerprint density at radius 1 is 1.27 bits per heavy atom. The highest BCUT2D eigenvalue weighted by molar-refractivity contribution is 7.37. The lowest BCUT2D eigenvalue weighted by atomic mass is 9.90. The van der Waals surface area contributed by atoms with Crippen LogP contribution in [0, 0.1) is 5.41 Å². The quantitative estimate of drug-likeness (QED) is 0.529. The van der Waals surface area contributed by atoms with Crippen molar-refractivity contribution < 1.29 is 9.46 Å². The monoisotopic (exact) mass is 177 g/mol. The molecule has 1 atom stereocenters. The molecule has 11 heavy (non-hydrogen) atoms. The normalized spacial score (nSPS) is 13.3. The lowest BCUT2D eigenvalue weighted by Gasteiger charge is -2.16. The number of hydrogen-bond donors (Lipinski definition) is 1. The molecule has 0 aromatic carbocycles. The van der Waals surface area contributed by atoms with Crippen molar-refractivity contribution in [1.29, 1.82) is 0 Å². The first-order valence-corrected chi connectivity index (χ1v) is 5.45. The molecule has 0 spiro atoms. The fourth-order valence-electron chi connectivity index (χ4n) is 0.902. The van der Waals surface area contributed by atoms with E-state index in [9.17, 15) is 4.57 Å². The minimum atomic E-state index is -1.90. The molecule has 0 aromatic heterocycles. The van der Waals surface area contributed by atoms with Gasteiger partial charge in [-0.1, -0.05) is 20.8 Å². The predicted octanol–water partition coefficient (Wildman–Crippen LogP) is 2.94. The maximum atomic E-state index is 10.3. The Labute approximate surface area is 69.9 Å². The Bertz CT molecular complexity index is 127. The van der Waals surface area contributed by atoms with E-state index in [4.69, 9.17) is 4.89 Å². The van der Waals surface area contributed by atoms with Gasteiger partial charge in [0.1, 0.15) is 0 Å². The number of hydrogen-bond acceptors (Lipinski definition) is 1. The first kappa shape index (κ1) is 11.1. The van der Waals surface area contributed by atoms with E-state index in [1.165, 1.54) is 0 Å². The van der Waals surface area contributed by atoms with Gasteiger partial charge in [-0.05, 0) is 29.2 Å². The highest BCUT2D eigenvalue weighted by Gasteiger charge is 2.12. The zero-order valence-electron chi connectivity index (χ0n) is 7.63. The van der Waals surface area contributed by atoms with Gasteiger partial charge in [0.2, 0.25) is 0 Å². The van der Waals surface area contributed by atoms with Crippen molar-refractivity contribution in [2.24, 2.45) is 5.41 Å². The average Bonchev–Trinajstić information content (AvgIpc) is 1.78. The third-order valence-corrected chi connectivity index (χ3v) is 2.22. The van der Waals surface area contributed by atoms with E-state index >= 15 is 0 Å². The van der Waals surface area contributed by atoms with Crippen LogP contribution in [0.25, 0.3) is 0 Å². The van der Waals surface area contributed by atoms with E-state index in [1.54, 1.807) is 0 Å². The summed E-state index contributed by atoms with van der Waals surface area (Å²) in [7, 11) is -1.90. The lowest BCUT2D eigenvalue weighted by molar-refractivity contribution is 0.363. The molecule has 0 aliphatic rings. The van der Waals surface area contributed by atoms with Crippen molar-refractivity contribution in [1.82, 2.24) is 0 Å². The van der Waals surface area contributed by atoms with Crippen molar-refractivity contribution in [3.05, 3.63) is 0 Å². The van der Waals surface area contributed by atoms with Crippen LogP contribution < -0.4 is 0 Å². The van der Waals surface area contributed by atoms with E-state index in [2.05, 4.69) is 20.8 Å². The summed E-state index contributed by atoms with van der Waals surface area (Å²) < 4.78 is 10.3. The van der Waals surface area contributed by atoms with Gasteiger partial charge in [-0.3, -0.25) is 0 Å². The highest BCUT2D eigenvalue weighted by Crippen LogP contribution is 2.23. The second kappa shape index (κ2) is 4.84. The standard InChI is InChI=1S/C8H17O2P/c1-8(2,3)6-4-5-7-11(9)10/h4-7H2,1-3H3/p+1. The molecule has 0 rings (SSSR count). The fraction of sp³-hybridized carbons (Fsp3) is 1.00. The SMILES string of the molecule is CC(C)(C)CCCC[P+](=O)O. The molecule has 1 N–H and O–H groups in total. The molecule has 0 bridgehead atoms. The number of unbranched alkanes of at least 4 members (excludes halogenated alkanes) is 1. The molecule has 3 heteroatoms. The molecule has 0 saturated carbocycles. The Kier molecular flexibility index (Phi) is 4.87. The predicted molar refractivity (Wildman–Crippen MR) is 48.0 cm³/mol.